The van der Waals surface area contributed by atoms with Gasteiger partial charge < -0.3 is 19.1 Å². The van der Waals surface area contributed by atoms with Crippen LogP contribution in [0.15, 0.2) is 54.6 Å². The number of hydrogen-bond donors (Lipinski definition) is 1. The number of benzene rings is 2. The predicted octanol–water partition coefficient (Wildman–Crippen LogP) is 7.29. The third-order valence-electron chi connectivity index (χ3n) is 6.65. The lowest BCUT2D eigenvalue weighted by atomic mass is 9.83. The van der Waals surface area contributed by atoms with Gasteiger partial charge in [0.05, 0.1) is 17.1 Å². The summed E-state index contributed by atoms with van der Waals surface area (Å²) < 4.78 is 41.3. The Bertz CT molecular complexity index is 1420. The van der Waals surface area contributed by atoms with E-state index in [1.54, 1.807) is 24.3 Å². The van der Waals surface area contributed by atoms with Crippen molar-refractivity contribution in [3.8, 4) is 23.1 Å². The van der Waals surface area contributed by atoms with E-state index >= 15 is 0 Å². The molecule has 0 radical (unpaired) electrons. The molecule has 1 aliphatic carbocycles. The number of ether oxygens (including phenoxy) is 2. The van der Waals surface area contributed by atoms with Gasteiger partial charge in [-0.1, -0.05) is 36.9 Å². The highest BCUT2D eigenvalue weighted by atomic mass is 35.5. The highest BCUT2D eigenvalue weighted by Gasteiger charge is 2.30. The van der Waals surface area contributed by atoms with E-state index < -0.39 is 17.8 Å². The van der Waals surface area contributed by atoms with Gasteiger partial charge in [0.2, 0.25) is 11.8 Å². The maximum absolute atomic E-state index is 14.5. The van der Waals surface area contributed by atoms with Crippen molar-refractivity contribution in [1.82, 2.24) is 14.5 Å². The summed E-state index contributed by atoms with van der Waals surface area (Å²) >= 11 is 6.10. The fourth-order valence-corrected chi connectivity index (χ4v) is 5.09. The second-order valence-electron chi connectivity index (χ2n) is 9.03. The van der Waals surface area contributed by atoms with E-state index in [1.165, 1.54) is 12.1 Å². The number of carbonyl (C=O) groups is 1. The first-order chi connectivity index (χ1) is 17.9. The zero-order chi connectivity index (χ0) is 25.9. The molecule has 1 N–H and O–H groups in total. The average molecular weight is 528 g/mol. The highest BCUT2D eigenvalue weighted by Crippen LogP contribution is 2.39. The molecule has 1 atom stereocenters. The molecule has 4 aromatic rings. The van der Waals surface area contributed by atoms with Crippen molar-refractivity contribution in [2.45, 2.75) is 38.1 Å². The minimum Gasteiger partial charge on any atom is -0.475 e. The molecule has 5 rings (SSSR count). The van der Waals surface area contributed by atoms with Crippen molar-refractivity contribution < 1.29 is 28.2 Å². The number of hydrogen-bond acceptors (Lipinski definition) is 5. The molecule has 1 aliphatic rings. The van der Waals surface area contributed by atoms with Crippen LogP contribution < -0.4 is 9.47 Å². The Balaban J connectivity index is 1.59. The van der Waals surface area contributed by atoms with E-state index in [0.717, 1.165) is 43.7 Å². The fraction of sp³-hybridized carbons (Fsp3) is 0.296. The topological polar surface area (TPSA) is 86.5 Å². The summed E-state index contributed by atoms with van der Waals surface area (Å²) in [6.45, 7) is 0.152. The molecule has 37 heavy (non-hydrogen) atoms. The summed E-state index contributed by atoms with van der Waals surface area (Å²) in [5, 5.41) is 9.45. The summed E-state index contributed by atoms with van der Waals surface area (Å²) in [4.78, 5) is 19.7. The number of halogens is 3. The van der Waals surface area contributed by atoms with E-state index in [0.29, 0.717) is 21.9 Å². The van der Waals surface area contributed by atoms with Crippen LogP contribution in [0.5, 0.6) is 11.8 Å². The fourth-order valence-electron chi connectivity index (χ4n) is 4.96. The normalized spacial score (nSPS) is 15.0. The van der Waals surface area contributed by atoms with Crippen LogP contribution in [0.1, 0.15) is 38.1 Å². The lowest BCUT2D eigenvalue weighted by Gasteiger charge is -2.32. The number of aromatic nitrogens is 3. The van der Waals surface area contributed by atoms with E-state index in [9.17, 15) is 13.6 Å². The Morgan fingerprint density at radius 1 is 1.03 bits per heavy atom. The second-order valence-corrected chi connectivity index (χ2v) is 9.46. The average Bonchev–Trinajstić information content (AvgIpc) is 3.23. The Hall–Kier alpha value is -3.72. The van der Waals surface area contributed by atoms with Gasteiger partial charge in [-0.05, 0) is 43.0 Å². The molecule has 2 aromatic heterocycles. The third kappa shape index (κ3) is 5.51. The van der Waals surface area contributed by atoms with Gasteiger partial charge in [0.15, 0.2) is 11.6 Å². The van der Waals surface area contributed by atoms with Gasteiger partial charge in [0.25, 0.3) is 0 Å². The quantitative estimate of drug-likeness (QED) is 0.254. The Labute approximate surface area is 216 Å². The molecule has 1 fully saturated rings. The Morgan fingerprint density at radius 2 is 1.73 bits per heavy atom. The second kappa shape index (κ2) is 10.7. The molecule has 0 aliphatic heterocycles. The van der Waals surface area contributed by atoms with Crippen LogP contribution in [-0.4, -0.2) is 32.4 Å². The highest BCUT2D eigenvalue weighted by molar-refractivity contribution is 6.30. The number of nitrogens with zero attached hydrogens (tertiary/aromatic N) is 3. The molecule has 7 nitrogen and oxygen atoms in total. The molecular weight excluding hydrogens is 504 g/mol. The maximum atomic E-state index is 14.5. The van der Waals surface area contributed by atoms with Crippen molar-refractivity contribution in [2.75, 3.05) is 6.61 Å². The first-order valence-electron chi connectivity index (χ1n) is 12.0. The first-order valence-corrected chi connectivity index (χ1v) is 12.4. The molecule has 1 unspecified atom stereocenters. The number of carboxylic acid groups (broad SMARTS) is 1. The van der Waals surface area contributed by atoms with Gasteiger partial charge in [0, 0.05) is 34.9 Å². The van der Waals surface area contributed by atoms with Crippen molar-refractivity contribution in [3.05, 3.63) is 71.3 Å². The summed E-state index contributed by atoms with van der Waals surface area (Å²) in [5.74, 6) is -1.11. The van der Waals surface area contributed by atoms with Gasteiger partial charge in [-0.2, -0.15) is 4.98 Å². The van der Waals surface area contributed by atoms with Crippen LogP contribution in [0.25, 0.3) is 22.4 Å². The minimum absolute atomic E-state index is 0.105. The van der Waals surface area contributed by atoms with Gasteiger partial charge in [0.1, 0.15) is 12.4 Å². The molecule has 0 bridgehead atoms. The Morgan fingerprint density at radius 3 is 2.46 bits per heavy atom. The van der Waals surface area contributed by atoms with Crippen LogP contribution >= 0.6 is 11.6 Å². The van der Waals surface area contributed by atoms with Gasteiger partial charge >= 0.3 is 6.16 Å². The molecule has 0 saturated heterocycles. The van der Waals surface area contributed by atoms with Crippen molar-refractivity contribution in [2.24, 2.45) is 5.92 Å². The largest absolute Gasteiger partial charge is 0.512 e. The smallest absolute Gasteiger partial charge is 0.475 e. The minimum atomic E-state index is -1.48. The molecule has 2 heterocycles. The summed E-state index contributed by atoms with van der Waals surface area (Å²) in [5.41, 5.74) is 1.54. The van der Waals surface area contributed by atoms with E-state index in [1.807, 2.05) is 16.7 Å². The zero-order valence-corrected chi connectivity index (χ0v) is 20.5. The summed E-state index contributed by atoms with van der Waals surface area (Å²) in [6, 6.07) is 13.7. The Kier molecular flexibility index (Phi) is 7.23. The summed E-state index contributed by atoms with van der Waals surface area (Å²) in [7, 11) is 0. The molecular formula is C27H24ClF2N3O4. The van der Waals surface area contributed by atoms with Crippen molar-refractivity contribution in [3.63, 3.8) is 0 Å². The third-order valence-corrected chi connectivity index (χ3v) is 6.90. The molecule has 0 spiro atoms. The molecule has 10 heteroatoms. The van der Waals surface area contributed by atoms with E-state index in [4.69, 9.17) is 21.4 Å². The van der Waals surface area contributed by atoms with Crippen LogP contribution in [0.2, 0.25) is 5.02 Å². The number of pyridine rings is 1. The number of fused-ring (bicyclic) bond motifs is 1. The lowest BCUT2D eigenvalue weighted by molar-refractivity contribution is 0.141. The maximum Gasteiger partial charge on any atom is 0.512 e. The SMILES string of the molecule is O=C(O)Oc1cccc(OCC(C2CCCCC2)n2c(-c3ccc(Cl)cc3)nc3cc(F)c(F)cc32)n1. The first kappa shape index (κ1) is 25.0. The van der Waals surface area contributed by atoms with Crippen LogP contribution in [-0.2, 0) is 0 Å². The monoisotopic (exact) mass is 527 g/mol. The molecule has 0 amide bonds. The molecule has 2 aromatic carbocycles. The molecule has 192 valence electrons. The van der Waals surface area contributed by atoms with Gasteiger partial charge in [-0.15, -0.1) is 0 Å². The summed E-state index contributed by atoms with van der Waals surface area (Å²) in [6.07, 6.45) is 3.63. The predicted molar refractivity (Wildman–Crippen MR) is 134 cm³/mol. The lowest BCUT2D eigenvalue weighted by Crippen LogP contribution is -2.28. The van der Waals surface area contributed by atoms with Crippen LogP contribution in [0.3, 0.4) is 0 Å². The number of rotatable bonds is 7. The van der Waals surface area contributed by atoms with Crippen LogP contribution in [0.4, 0.5) is 13.6 Å². The molecule has 1 saturated carbocycles. The van der Waals surface area contributed by atoms with Gasteiger partial charge in [-0.3, -0.25) is 0 Å². The van der Waals surface area contributed by atoms with Crippen LogP contribution in [0, 0.1) is 17.6 Å². The van der Waals surface area contributed by atoms with Gasteiger partial charge in [-0.25, -0.2) is 18.6 Å². The number of imidazole rings is 1. The zero-order valence-electron chi connectivity index (χ0n) is 19.7. The van der Waals surface area contributed by atoms with E-state index in [-0.39, 0.29) is 30.3 Å². The van der Waals surface area contributed by atoms with Crippen molar-refractivity contribution >= 4 is 28.8 Å². The standard InChI is InChI=1S/C27H24ClF2N3O4/c28-18-11-9-17(10-12-18)26-31-21-13-19(29)20(30)14-22(21)33(26)23(16-5-2-1-3-6-16)15-36-24-7-4-8-25(32-24)37-27(34)35/h4,7-14,16,23H,1-3,5-6,15H2,(H,34,35). The van der Waals surface area contributed by atoms with E-state index in [2.05, 4.69) is 14.7 Å². The van der Waals surface area contributed by atoms with Crippen molar-refractivity contribution in [1.29, 1.82) is 0 Å².